The molecule has 0 amide bonds. The van der Waals surface area contributed by atoms with Gasteiger partial charge in [0.2, 0.25) is 0 Å². The molecule has 0 aromatic carbocycles. The van der Waals surface area contributed by atoms with E-state index in [2.05, 4.69) is 10.2 Å². The molecular weight excluding hydrogens is 220 g/mol. The minimum Gasteiger partial charge on any atom is -0.312 e. The fraction of sp³-hybridized carbons (Fsp3) is 1.00. The summed E-state index contributed by atoms with van der Waals surface area (Å²) in [6, 6.07) is 0.889. The topological polar surface area (TPSA) is 15.3 Å². The fourth-order valence-corrected chi connectivity index (χ4v) is 5.65. The van der Waals surface area contributed by atoms with Crippen molar-refractivity contribution in [2.45, 2.75) is 51.0 Å². The van der Waals surface area contributed by atoms with Gasteiger partial charge in [-0.05, 0) is 81.7 Å². The number of nitrogens with zero attached hydrogens (tertiary/aromatic N) is 1. The first-order valence-electron chi connectivity index (χ1n) is 8.34. The fourth-order valence-electron chi connectivity index (χ4n) is 5.65. The Hall–Kier alpha value is -0.0800. The highest BCUT2D eigenvalue weighted by molar-refractivity contribution is 5.01. The van der Waals surface area contributed by atoms with Crippen molar-refractivity contribution < 1.29 is 0 Å². The van der Waals surface area contributed by atoms with Crippen molar-refractivity contribution in [2.24, 2.45) is 23.7 Å². The van der Waals surface area contributed by atoms with Gasteiger partial charge in [-0.2, -0.15) is 0 Å². The van der Waals surface area contributed by atoms with E-state index < -0.39 is 0 Å². The molecule has 2 heteroatoms. The minimum atomic E-state index is 0.889. The Balaban J connectivity index is 1.29. The van der Waals surface area contributed by atoms with E-state index in [0.29, 0.717) is 0 Å². The predicted molar refractivity (Wildman–Crippen MR) is 74.5 cm³/mol. The zero-order valence-electron chi connectivity index (χ0n) is 11.6. The van der Waals surface area contributed by atoms with Gasteiger partial charge in [0.15, 0.2) is 0 Å². The van der Waals surface area contributed by atoms with Crippen molar-refractivity contribution >= 4 is 0 Å². The van der Waals surface area contributed by atoms with E-state index in [1.165, 1.54) is 39.0 Å². The molecule has 1 N–H and O–H groups in total. The third-order valence-electron chi connectivity index (χ3n) is 6.23. The van der Waals surface area contributed by atoms with Gasteiger partial charge in [-0.25, -0.2) is 0 Å². The second-order valence-corrected chi connectivity index (χ2v) is 7.46. The average Bonchev–Trinajstić information content (AvgIpc) is 2.85. The van der Waals surface area contributed by atoms with Gasteiger partial charge in [-0.1, -0.05) is 0 Å². The van der Waals surface area contributed by atoms with E-state index >= 15 is 0 Å². The van der Waals surface area contributed by atoms with E-state index in [0.717, 1.165) is 29.7 Å². The lowest BCUT2D eigenvalue weighted by Gasteiger charge is -2.54. The second kappa shape index (κ2) is 4.79. The highest BCUT2D eigenvalue weighted by Crippen LogP contribution is 2.53. The predicted octanol–water partition coefficient (Wildman–Crippen LogP) is 2.50. The first-order chi connectivity index (χ1) is 8.88. The van der Waals surface area contributed by atoms with Crippen LogP contribution < -0.4 is 5.32 Å². The largest absolute Gasteiger partial charge is 0.312 e. The first kappa shape index (κ1) is 11.7. The summed E-state index contributed by atoms with van der Waals surface area (Å²) < 4.78 is 0. The summed E-state index contributed by atoms with van der Waals surface area (Å²) in [5.41, 5.74) is 0. The van der Waals surface area contributed by atoms with Gasteiger partial charge in [0, 0.05) is 19.1 Å². The minimum absolute atomic E-state index is 0.889. The molecule has 18 heavy (non-hydrogen) atoms. The summed E-state index contributed by atoms with van der Waals surface area (Å²) in [5.74, 6) is 4.31. The molecule has 4 aliphatic carbocycles. The van der Waals surface area contributed by atoms with Crippen LogP contribution in [0.3, 0.4) is 0 Å². The van der Waals surface area contributed by atoms with Gasteiger partial charge in [-0.15, -0.1) is 0 Å². The van der Waals surface area contributed by atoms with Crippen LogP contribution >= 0.6 is 0 Å². The highest BCUT2D eigenvalue weighted by atomic mass is 15.2. The zero-order valence-corrected chi connectivity index (χ0v) is 11.6. The van der Waals surface area contributed by atoms with Crippen molar-refractivity contribution in [3.8, 4) is 0 Å². The van der Waals surface area contributed by atoms with Crippen LogP contribution in [0, 0.1) is 23.7 Å². The van der Waals surface area contributed by atoms with Crippen LogP contribution in [0.15, 0.2) is 0 Å². The van der Waals surface area contributed by atoms with Crippen LogP contribution in [0.4, 0.5) is 0 Å². The number of likely N-dealkylation sites (tertiary alicyclic amines) is 1. The normalized spacial score (nSPS) is 47.0. The van der Waals surface area contributed by atoms with Crippen molar-refractivity contribution in [3.63, 3.8) is 0 Å². The summed E-state index contributed by atoms with van der Waals surface area (Å²) in [6.07, 6.45) is 10.6. The number of hydrogen-bond acceptors (Lipinski definition) is 2. The van der Waals surface area contributed by atoms with E-state index in [1.807, 2.05) is 0 Å². The monoisotopic (exact) mass is 248 g/mol. The molecule has 4 saturated carbocycles. The summed E-state index contributed by atoms with van der Waals surface area (Å²) >= 11 is 0. The SMILES string of the molecule is C1CCN(CCNC2C3CC4CC(C3)CC2C4)C1. The van der Waals surface area contributed by atoms with Gasteiger partial charge >= 0.3 is 0 Å². The Bertz CT molecular complexity index is 267. The Morgan fingerprint density at radius 1 is 0.833 bits per heavy atom. The molecule has 0 atom stereocenters. The molecule has 0 aromatic heterocycles. The van der Waals surface area contributed by atoms with Crippen LogP contribution in [0.25, 0.3) is 0 Å². The van der Waals surface area contributed by atoms with Gasteiger partial charge in [0.1, 0.15) is 0 Å². The Labute approximate surface area is 111 Å². The van der Waals surface area contributed by atoms with Crippen molar-refractivity contribution in [3.05, 3.63) is 0 Å². The lowest BCUT2D eigenvalue weighted by atomic mass is 9.54. The van der Waals surface area contributed by atoms with E-state index in [4.69, 9.17) is 0 Å². The molecule has 1 aliphatic heterocycles. The molecule has 4 bridgehead atoms. The average molecular weight is 248 g/mol. The van der Waals surface area contributed by atoms with E-state index in [1.54, 1.807) is 32.1 Å². The summed E-state index contributed by atoms with van der Waals surface area (Å²) in [5, 5.41) is 3.95. The molecular formula is C16H28N2. The maximum atomic E-state index is 3.95. The van der Waals surface area contributed by atoms with Crippen molar-refractivity contribution in [1.29, 1.82) is 0 Å². The second-order valence-electron chi connectivity index (χ2n) is 7.46. The number of hydrogen-bond donors (Lipinski definition) is 1. The van der Waals surface area contributed by atoms with Gasteiger partial charge in [0.25, 0.3) is 0 Å². The molecule has 0 radical (unpaired) electrons. The van der Waals surface area contributed by atoms with Crippen LogP contribution in [0.5, 0.6) is 0 Å². The third-order valence-corrected chi connectivity index (χ3v) is 6.23. The molecule has 5 rings (SSSR count). The number of nitrogens with one attached hydrogen (secondary N) is 1. The Morgan fingerprint density at radius 3 is 2.06 bits per heavy atom. The molecule has 2 nitrogen and oxygen atoms in total. The first-order valence-corrected chi connectivity index (χ1v) is 8.34. The quantitative estimate of drug-likeness (QED) is 0.822. The Morgan fingerprint density at radius 2 is 1.44 bits per heavy atom. The van der Waals surface area contributed by atoms with Crippen molar-refractivity contribution in [2.75, 3.05) is 26.2 Å². The van der Waals surface area contributed by atoms with Gasteiger partial charge < -0.3 is 10.2 Å². The van der Waals surface area contributed by atoms with Crippen LogP contribution in [0.1, 0.15) is 44.9 Å². The smallest absolute Gasteiger partial charge is 0.0124 e. The van der Waals surface area contributed by atoms with Gasteiger partial charge in [-0.3, -0.25) is 0 Å². The summed E-state index contributed by atoms with van der Waals surface area (Å²) in [4.78, 5) is 2.64. The Kier molecular flexibility index (Phi) is 3.12. The summed E-state index contributed by atoms with van der Waals surface area (Å²) in [6.45, 7) is 5.24. The molecule has 102 valence electrons. The van der Waals surface area contributed by atoms with E-state index in [-0.39, 0.29) is 0 Å². The van der Waals surface area contributed by atoms with Crippen LogP contribution in [-0.2, 0) is 0 Å². The van der Waals surface area contributed by atoms with Crippen molar-refractivity contribution in [1.82, 2.24) is 10.2 Å². The molecule has 0 unspecified atom stereocenters. The maximum absolute atomic E-state index is 3.95. The summed E-state index contributed by atoms with van der Waals surface area (Å²) in [7, 11) is 0. The highest BCUT2D eigenvalue weighted by Gasteiger charge is 2.47. The van der Waals surface area contributed by atoms with Crippen LogP contribution in [-0.4, -0.2) is 37.1 Å². The zero-order chi connectivity index (χ0) is 11.9. The van der Waals surface area contributed by atoms with Crippen LogP contribution in [0.2, 0.25) is 0 Å². The van der Waals surface area contributed by atoms with Gasteiger partial charge in [0.05, 0.1) is 0 Å². The standard InChI is InChI=1S/C16H28N2/c1-2-5-18(4-1)6-3-17-16-14-8-12-7-13(10-14)11-15(16)9-12/h12-17H,1-11H2. The molecule has 0 spiro atoms. The molecule has 1 heterocycles. The maximum Gasteiger partial charge on any atom is 0.0124 e. The molecule has 5 fully saturated rings. The lowest BCUT2D eigenvalue weighted by molar-refractivity contribution is -0.0140. The molecule has 1 saturated heterocycles. The molecule has 0 aromatic rings. The number of rotatable bonds is 4. The third kappa shape index (κ3) is 2.12. The molecule has 5 aliphatic rings. The lowest BCUT2D eigenvalue weighted by Crippen LogP contribution is -2.55. The van der Waals surface area contributed by atoms with E-state index in [9.17, 15) is 0 Å².